The van der Waals surface area contributed by atoms with Crippen LogP contribution < -0.4 is 10.1 Å². The van der Waals surface area contributed by atoms with Gasteiger partial charge in [-0.25, -0.2) is 0 Å². The van der Waals surface area contributed by atoms with Crippen LogP contribution in [0.3, 0.4) is 0 Å². The standard InChI is InChI=1S/C18H22N2O3/c1-20(2)17(14-6-4-7-16(12-14)22-3)13-19-18(21)10-9-15-8-5-11-23-15/h4-12,17H,13H2,1-3H3,(H,19,21)/b10-9+. The first-order chi connectivity index (χ1) is 11.1. The smallest absolute Gasteiger partial charge is 0.244 e. The van der Waals surface area contributed by atoms with Gasteiger partial charge in [-0.2, -0.15) is 0 Å². The van der Waals surface area contributed by atoms with Crippen molar-refractivity contribution in [2.75, 3.05) is 27.7 Å². The second-order valence-electron chi connectivity index (χ2n) is 5.35. The van der Waals surface area contributed by atoms with Crippen LogP contribution in [0.5, 0.6) is 5.75 Å². The van der Waals surface area contributed by atoms with Gasteiger partial charge in [0.25, 0.3) is 0 Å². The summed E-state index contributed by atoms with van der Waals surface area (Å²) in [5.74, 6) is 1.30. The van der Waals surface area contributed by atoms with Crippen molar-refractivity contribution >= 4 is 12.0 Å². The lowest BCUT2D eigenvalue weighted by molar-refractivity contribution is -0.116. The van der Waals surface area contributed by atoms with Gasteiger partial charge in [-0.05, 0) is 50.0 Å². The molecule has 0 aliphatic carbocycles. The fourth-order valence-corrected chi connectivity index (χ4v) is 2.25. The molecule has 2 rings (SSSR count). The summed E-state index contributed by atoms with van der Waals surface area (Å²) in [7, 11) is 5.61. The molecule has 0 spiro atoms. The maximum absolute atomic E-state index is 11.9. The monoisotopic (exact) mass is 314 g/mol. The van der Waals surface area contributed by atoms with Crippen LogP contribution in [-0.4, -0.2) is 38.6 Å². The molecule has 1 amide bonds. The van der Waals surface area contributed by atoms with Gasteiger partial charge in [0.1, 0.15) is 11.5 Å². The van der Waals surface area contributed by atoms with Crippen LogP contribution in [0.2, 0.25) is 0 Å². The Morgan fingerprint density at radius 2 is 2.17 bits per heavy atom. The van der Waals surface area contributed by atoms with Gasteiger partial charge in [-0.15, -0.1) is 0 Å². The summed E-state index contributed by atoms with van der Waals surface area (Å²) in [4.78, 5) is 14.0. The number of furan rings is 1. The molecule has 0 saturated heterocycles. The first kappa shape index (κ1) is 16.8. The number of amides is 1. The summed E-state index contributed by atoms with van der Waals surface area (Å²) in [5.41, 5.74) is 1.09. The number of hydrogen-bond donors (Lipinski definition) is 1. The number of ether oxygens (including phenoxy) is 1. The first-order valence-electron chi connectivity index (χ1n) is 7.40. The van der Waals surface area contributed by atoms with E-state index in [4.69, 9.17) is 9.15 Å². The van der Waals surface area contributed by atoms with E-state index in [-0.39, 0.29) is 11.9 Å². The molecule has 0 fully saturated rings. The van der Waals surface area contributed by atoms with E-state index in [9.17, 15) is 4.79 Å². The van der Waals surface area contributed by atoms with E-state index < -0.39 is 0 Å². The van der Waals surface area contributed by atoms with Crippen molar-refractivity contribution in [1.29, 1.82) is 0 Å². The van der Waals surface area contributed by atoms with Crippen LogP contribution >= 0.6 is 0 Å². The third-order valence-corrected chi connectivity index (χ3v) is 3.51. The fourth-order valence-electron chi connectivity index (χ4n) is 2.25. The molecule has 5 heteroatoms. The maximum atomic E-state index is 11.9. The first-order valence-corrected chi connectivity index (χ1v) is 7.40. The average Bonchev–Trinajstić information content (AvgIpc) is 3.06. The molecule has 0 radical (unpaired) electrons. The van der Waals surface area contributed by atoms with Crippen molar-refractivity contribution in [1.82, 2.24) is 10.2 Å². The van der Waals surface area contributed by atoms with Crippen molar-refractivity contribution in [3.05, 3.63) is 60.1 Å². The van der Waals surface area contributed by atoms with Gasteiger partial charge in [0.05, 0.1) is 19.4 Å². The van der Waals surface area contributed by atoms with E-state index in [0.717, 1.165) is 11.3 Å². The third kappa shape index (κ3) is 5.00. The minimum Gasteiger partial charge on any atom is -0.497 e. The molecule has 5 nitrogen and oxygen atoms in total. The largest absolute Gasteiger partial charge is 0.497 e. The zero-order valence-corrected chi connectivity index (χ0v) is 13.7. The predicted molar refractivity (Wildman–Crippen MR) is 90.2 cm³/mol. The molecular weight excluding hydrogens is 292 g/mol. The topological polar surface area (TPSA) is 54.7 Å². The molecule has 0 bridgehead atoms. The lowest BCUT2D eigenvalue weighted by atomic mass is 10.1. The fraction of sp³-hybridized carbons (Fsp3) is 0.278. The molecule has 122 valence electrons. The van der Waals surface area contributed by atoms with Crippen LogP contribution in [-0.2, 0) is 4.79 Å². The predicted octanol–water partition coefficient (Wildman–Crippen LogP) is 2.72. The number of likely N-dealkylation sites (N-methyl/N-ethyl adjacent to an activating group) is 1. The van der Waals surface area contributed by atoms with Crippen LogP contribution in [0.25, 0.3) is 6.08 Å². The highest BCUT2D eigenvalue weighted by molar-refractivity contribution is 5.91. The minimum atomic E-state index is -0.156. The lowest BCUT2D eigenvalue weighted by Crippen LogP contribution is -2.33. The number of nitrogens with one attached hydrogen (secondary N) is 1. The molecule has 0 aliphatic rings. The van der Waals surface area contributed by atoms with E-state index in [2.05, 4.69) is 10.2 Å². The number of benzene rings is 1. The third-order valence-electron chi connectivity index (χ3n) is 3.51. The van der Waals surface area contributed by atoms with Gasteiger partial charge < -0.3 is 19.4 Å². The van der Waals surface area contributed by atoms with Crippen molar-refractivity contribution in [2.24, 2.45) is 0 Å². The summed E-state index contributed by atoms with van der Waals surface area (Å²) in [6, 6.07) is 11.5. The van der Waals surface area contributed by atoms with Gasteiger partial charge in [-0.1, -0.05) is 12.1 Å². The molecule has 1 aromatic heterocycles. The number of carbonyl (C=O) groups excluding carboxylic acids is 1. The molecule has 2 aromatic rings. The Morgan fingerprint density at radius 1 is 1.35 bits per heavy atom. The molecule has 23 heavy (non-hydrogen) atoms. The number of carbonyl (C=O) groups is 1. The summed E-state index contributed by atoms with van der Waals surface area (Å²) in [5, 5.41) is 2.91. The zero-order valence-electron chi connectivity index (χ0n) is 13.7. The van der Waals surface area contributed by atoms with Gasteiger partial charge in [0.2, 0.25) is 5.91 Å². The summed E-state index contributed by atoms with van der Waals surface area (Å²) in [6.45, 7) is 0.501. The van der Waals surface area contributed by atoms with Crippen LogP contribution in [0, 0.1) is 0 Å². The molecular formula is C18H22N2O3. The summed E-state index contributed by atoms with van der Waals surface area (Å²) >= 11 is 0. The number of nitrogens with zero attached hydrogens (tertiary/aromatic N) is 1. The van der Waals surface area contributed by atoms with Gasteiger partial charge >= 0.3 is 0 Å². The van der Waals surface area contributed by atoms with E-state index in [1.54, 1.807) is 31.6 Å². The quantitative estimate of drug-likeness (QED) is 0.798. The minimum absolute atomic E-state index is 0.0612. The average molecular weight is 314 g/mol. The number of methoxy groups -OCH3 is 1. The van der Waals surface area contributed by atoms with Gasteiger partial charge in [0.15, 0.2) is 0 Å². The Hall–Kier alpha value is -2.53. The Bertz CT molecular complexity index is 648. The zero-order chi connectivity index (χ0) is 16.7. The van der Waals surface area contributed by atoms with Crippen molar-refractivity contribution in [3.63, 3.8) is 0 Å². The maximum Gasteiger partial charge on any atom is 0.244 e. The molecule has 1 heterocycles. The Balaban J connectivity index is 1.98. The van der Waals surface area contributed by atoms with E-state index in [0.29, 0.717) is 12.3 Å². The van der Waals surface area contributed by atoms with Gasteiger partial charge in [-0.3, -0.25) is 4.79 Å². The Kier molecular flexibility index (Phi) is 6.00. The number of hydrogen-bond acceptors (Lipinski definition) is 4. The van der Waals surface area contributed by atoms with Crippen molar-refractivity contribution < 1.29 is 13.9 Å². The second kappa shape index (κ2) is 8.19. The molecule has 1 N–H and O–H groups in total. The SMILES string of the molecule is COc1cccc(C(CNC(=O)/C=C/c2ccco2)N(C)C)c1. The summed E-state index contributed by atoms with van der Waals surface area (Å²) in [6.07, 6.45) is 4.69. The normalized spacial score (nSPS) is 12.5. The Labute approximate surface area is 136 Å². The summed E-state index contributed by atoms with van der Waals surface area (Å²) < 4.78 is 10.4. The highest BCUT2D eigenvalue weighted by Crippen LogP contribution is 2.22. The molecule has 0 aliphatic heterocycles. The van der Waals surface area contributed by atoms with E-state index >= 15 is 0 Å². The molecule has 1 unspecified atom stereocenters. The van der Waals surface area contributed by atoms with Crippen LogP contribution in [0.15, 0.2) is 53.2 Å². The highest BCUT2D eigenvalue weighted by Gasteiger charge is 2.15. The second-order valence-corrected chi connectivity index (χ2v) is 5.35. The van der Waals surface area contributed by atoms with E-state index in [1.807, 2.05) is 38.4 Å². The molecule has 0 saturated carbocycles. The lowest BCUT2D eigenvalue weighted by Gasteiger charge is -2.25. The van der Waals surface area contributed by atoms with Crippen molar-refractivity contribution in [3.8, 4) is 5.75 Å². The Morgan fingerprint density at radius 3 is 2.83 bits per heavy atom. The van der Waals surface area contributed by atoms with Gasteiger partial charge in [0, 0.05) is 12.6 Å². The molecule has 1 aromatic carbocycles. The van der Waals surface area contributed by atoms with Crippen LogP contribution in [0.1, 0.15) is 17.4 Å². The van der Waals surface area contributed by atoms with E-state index in [1.165, 1.54) is 6.08 Å². The van der Waals surface area contributed by atoms with Crippen molar-refractivity contribution in [2.45, 2.75) is 6.04 Å². The number of rotatable bonds is 7. The molecule has 1 atom stereocenters. The van der Waals surface area contributed by atoms with Crippen LogP contribution in [0.4, 0.5) is 0 Å². The highest BCUT2D eigenvalue weighted by atomic mass is 16.5.